The first-order valence-corrected chi connectivity index (χ1v) is 5.42. The third kappa shape index (κ3) is 2.16. The number of hydrogen-bond acceptors (Lipinski definition) is 5. The molecule has 1 aromatic carbocycles. The fourth-order valence-electron chi connectivity index (χ4n) is 2.08. The Labute approximate surface area is 98.4 Å². The number of phenolic OH excluding ortho intramolecular Hbond substituents is 1. The van der Waals surface area contributed by atoms with Crippen molar-refractivity contribution in [1.29, 1.82) is 0 Å². The molecule has 2 rings (SSSR count). The van der Waals surface area contributed by atoms with E-state index < -0.39 is 10.7 Å². The minimum absolute atomic E-state index is 0.100. The van der Waals surface area contributed by atoms with Gasteiger partial charge in [0.15, 0.2) is 5.75 Å². The standard InChI is InChI=1S/C11H14N2O4/c1-17-10-6-7(8-3-2-4-12-8)5-9(11(10)14)13(15)16/h5-6,8,12,14H,2-4H2,1H3/t8-/m0/s1. The Morgan fingerprint density at radius 3 is 2.88 bits per heavy atom. The summed E-state index contributed by atoms with van der Waals surface area (Å²) in [6.45, 7) is 0.904. The summed E-state index contributed by atoms with van der Waals surface area (Å²) < 4.78 is 4.95. The molecule has 1 aromatic rings. The van der Waals surface area contributed by atoms with E-state index in [4.69, 9.17) is 4.74 Å². The third-order valence-corrected chi connectivity index (χ3v) is 2.96. The number of nitrogens with one attached hydrogen (secondary N) is 1. The molecule has 1 saturated heterocycles. The van der Waals surface area contributed by atoms with Crippen molar-refractivity contribution in [2.45, 2.75) is 18.9 Å². The lowest BCUT2D eigenvalue weighted by Crippen LogP contribution is -2.13. The van der Waals surface area contributed by atoms with Gasteiger partial charge in [-0.15, -0.1) is 0 Å². The molecule has 2 N–H and O–H groups in total. The number of benzene rings is 1. The van der Waals surface area contributed by atoms with Crippen molar-refractivity contribution in [2.75, 3.05) is 13.7 Å². The number of rotatable bonds is 3. The number of aromatic hydroxyl groups is 1. The lowest BCUT2D eigenvalue weighted by atomic mass is 10.0. The SMILES string of the molecule is COc1cc([C@@H]2CCCN2)cc([N+](=O)[O-])c1O. The van der Waals surface area contributed by atoms with Crippen molar-refractivity contribution < 1.29 is 14.8 Å². The Morgan fingerprint density at radius 2 is 2.35 bits per heavy atom. The Balaban J connectivity index is 2.46. The van der Waals surface area contributed by atoms with Crippen LogP contribution in [0.3, 0.4) is 0 Å². The van der Waals surface area contributed by atoms with Crippen molar-refractivity contribution >= 4 is 5.69 Å². The molecule has 1 atom stereocenters. The molecule has 1 aliphatic rings. The molecule has 1 aliphatic heterocycles. The van der Waals surface area contributed by atoms with Crippen LogP contribution in [0.5, 0.6) is 11.5 Å². The lowest BCUT2D eigenvalue weighted by molar-refractivity contribution is -0.386. The van der Waals surface area contributed by atoms with Gasteiger partial charge in [-0.25, -0.2) is 0 Å². The van der Waals surface area contributed by atoms with Gasteiger partial charge < -0.3 is 15.2 Å². The topological polar surface area (TPSA) is 84.6 Å². The first-order valence-electron chi connectivity index (χ1n) is 5.42. The number of methoxy groups -OCH3 is 1. The summed E-state index contributed by atoms with van der Waals surface area (Å²) in [5.41, 5.74) is 0.469. The van der Waals surface area contributed by atoms with Gasteiger partial charge in [0.1, 0.15) is 0 Å². The highest BCUT2D eigenvalue weighted by molar-refractivity contribution is 5.57. The maximum absolute atomic E-state index is 10.8. The van der Waals surface area contributed by atoms with Crippen LogP contribution in [-0.2, 0) is 0 Å². The van der Waals surface area contributed by atoms with Crippen LogP contribution in [-0.4, -0.2) is 23.7 Å². The summed E-state index contributed by atoms with van der Waals surface area (Å²) >= 11 is 0. The maximum atomic E-state index is 10.8. The molecule has 0 amide bonds. The zero-order valence-corrected chi connectivity index (χ0v) is 9.47. The predicted molar refractivity (Wildman–Crippen MR) is 61.3 cm³/mol. The fourth-order valence-corrected chi connectivity index (χ4v) is 2.08. The number of nitro benzene ring substituents is 1. The van der Waals surface area contributed by atoms with Gasteiger partial charge in [0.2, 0.25) is 5.75 Å². The Kier molecular flexibility index (Phi) is 3.14. The smallest absolute Gasteiger partial charge is 0.314 e. The third-order valence-electron chi connectivity index (χ3n) is 2.96. The summed E-state index contributed by atoms with van der Waals surface area (Å²) in [5, 5.41) is 23.7. The molecule has 0 bridgehead atoms. The average molecular weight is 238 g/mol. The van der Waals surface area contributed by atoms with Gasteiger partial charge in [0.05, 0.1) is 12.0 Å². The highest BCUT2D eigenvalue weighted by Crippen LogP contribution is 2.39. The first-order chi connectivity index (χ1) is 8.13. The molecule has 0 spiro atoms. The summed E-state index contributed by atoms with van der Waals surface area (Å²) in [5.74, 6) is -0.276. The monoisotopic (exact) mass is 238 g/mol. The van der Waals surface area contributed by atoms with Crippen molar-refractivity contribution in [2.24, 2.45) is 0 Å². The van der Waals surface area contributed by atoms with Gasteiger partial charge in [-0.1, -0.05) is 0 Å². The molecule has 0 aromatic heterocycles. The number of nitro groups is 1. The van der Waals surface area contributed by atoms with Crippen LogP contribution in [0.2, 0.25) is 0 Å². The Morgan fingerprint density at radius 1 is 1.59 bits per heavy atom. The molecule has 92 valence electrons. The van der Waals surface area contributed by atoms with E-state index in [2.05, 4.69) is 5.32 Å². The van der Waals surface area contributed by atoms with E-state index in [1.54, 1.807) is 6.07 Å². The van der Waals surface area contributed by atoms with E-state index in [1.165, 1.54) is 13.2 Å². The normalized spacial score (nSPS) is 19.2. The van der Waals surface area contributed by atoms with E-state index in [9.17, 15) is 15.2 Å². The minimum atomic E-state index is -0.601. The van der Waals surface area contributed by atoms with Crippen LogP contribution < -0.4 is 10.1 Å². The molecule has 1 heterocycles. The molecular formula is C11H14N2O4. The van der Waals surface area contributed by atoms with E-state index in [0.717, 1.165) is 24.9 Å². The van der Waals surface area contributed by atoms with Crippen LogP contribution in [0.4, 0.5) is 5.69 Å². The molecule has 17 heavy (non-hydrogen) atoms. The number of hydrogen-bond donors (Lipinski definition) is 2. The van der Waals surface area contributed by atoms with E-state index in [0.29, 0.717) is 0 Å². The highest BCUT2D eigenvalue weighted by atomic mass is 16.6. The van der Waals surface area contributed by atoms with Crippen LogP contribution in [0, 0.1) is 10.1 Å². The molecule has 0 unspecified atom stereocenters. The minimum Gasteiger partial charge on any atom is -0.500 e. The molecule has 1 fully saturated rings. The van der Waals surface area contributed by atoms with Crippen LogP contribution >= 0.6 is 0 Å². The summed E-state index contributed by atoms with van der Waals surface area (Å²) in [7, 11) is 1.38. The average Bonchev–Trinajstić information content (AvgIpc) is 2.82. The van der Waals surface area contributed by atoms with Gasteiger partial charge in [0.25, 0.3) is 0 Å². The van der Waals surface area contributed by atoms with Crippen molar-refractivity contribution in [3.8, 4) is 11.5 Å². The second-order valence-corrected chi connectivity index (χ2v) is 4.00. The van der Waals surface area contributed by atoms with Crippen LogP contribution in [0.25, 0.3) is 0 Å². The lowest BCUT2D eigenvalue weighted by Gasteiger charge is -2.13. The van der Waals surface area contributed by atoms with Gasteiger partial charge in [0, 0.05) is 12.1 Å². The maximum Gasteiger partial charge on any atom is 0.314 e. The molecule has 0 aliphatic carbocycles. The quantitative estimate of drug-likeness (QED) is 0.618. The fraction of sp³-hybridized carbons (Fsp3) is 0.455. The van der Waals surface area contributed by atoms with Gasteiger partial charge in [-0.2, -0.15) is 0 Å². The Hall–Kier alpha value is -1.82. The second-order valence-electron chi connectivity index (χ2n) is 4.00. The highest BCUT2D eigenvalue weighted by Gasteiger charge is 2.24. The molecule has 0 saturated carbocycles. The van der Waals surface area contributed by atoms with Crippen LogP contribution in [0.15, 0.2) is 12.1 Å². The molecule has 6 nitrogen and oxygen atoms in total. The predicted octanol–water partition coefficient (Wildman–Crippen LogP) is 1.73. The van der Waals surface area contributed by atoms with Crippen LogP contribution in [0.1, 0.15) is 24.4 Å². The zero-order chi connectivity index (χ0) is 12.4. The largest absolute Gasteiger partial charge is 0.500 e. The van der Waals surface area contributed by atoms with E-state index in [-0.39, 0.29) is 17.5 Å². The van der Waals surface area contributed by atoms with Crippen molar-refractivity contribution in [3.63, 3.8) is 0 Å². The number of nitrogens with zero attached hydrogens (tertiary/aromatic N) is 1. The van der Waals surface area contributed by atoms with Crippen molar-refractivity contribution in [3.05, 3.63) is 27.8 Å². The first kappa shape index (κ1) is 11.7. The Bertz CT molecular complexity index is 441. The number of phenols is 1. The van der Waals surface area contributed by atoms with Gasteiger partial charge in [-0.05, 0) is 31.0 Å². The number of ether oxygens (including phenoxy) is 1. The summed E-state index contributed by atoms with van der Waals surface area (Å²) in [6.07, 6.45) is 1.98. The van der Waals surface area contributed by atoms with E-state index >= 15 is 0 Å². The van der Waals surface area contributed by atoms with E-state index in [1.807, 2.05) is 0 Å². The molecule has 0 radical (unpaired) electrons. The van der Waals surface area contributed by atoms with Crippen molar-refractivity contribution in [1.82, 2.24) is 5.32 Å². The zero-order valence-electron chi connectivity index (χ0n) is 9.47. The second kappa shape index (κ2) is 4.58. The molecule has 6 heteroatoms. The van der Waals surface area contributed by atoms with Gasteiger partial charge in [-0.3, -0.25) is 10.1 Å². The summed E-state index contributed by atoms with van der Waals surface area (Å²) in [6, 6.07) is 3.15. The summed E-state index contributed by atoms with van der Waals surface area (Å²) in [4.78, 5) is 10.2. The van der Waals surface area contributed by atoms with Gasteiger partial charge >= 0.3 is 5.69 Å². The molecular weight excluding hydrogens is 224 g/mol.